The van der Waals surface area contributed by atoms with E-state index in [-0.39, 0.29) is 22.9 Å². The lowest BCUT2D eigenvalue weighted by molar-refractivity contribution is -0.122. The number of sulfonamides is 1. The van der Waals surface area contributed by atoms with Gasteiger partial charge in [0.05, 0.1) is 11.8 Å². The number of amides is 1. The van der Waals surface area contributed by atoms with Gasteiger partial charge in [-0.05, 0) is 54.6 Å². The summed E-state index contributed by atoms with van der Waals surface area (Å²) in [6, 6.07) is 2.74. The van der Waals surface area contributed by atoms with Crippen molar-refractivity contribution >= 4 is 37.5 Å². The maximum absolute atomic E-state index is 12.7. The first-order valence-corrected chi connectivity index (χ1v) is 10.1. The zero-order valence-corrected chi connectivity index (χ0v) is 15.5. The monoisotopic (exact) mass is 418 g/mol. The first-order valence-electron chi connectivity index (χ1n) is 7.78. The molecule has 1 aliphatic heterocycles. The number of aliphatic hydroxyl groups excluding tert-OH is 1. The minimum Gasteiger partial charge on any atom is -0.479 e. The topological polar surface area (TPSA) is 105 Å². The molecule has 24 heavy (non-hydrogen) atoms. The molecule has 1 heterocycles. The van der Waals surface area contributed by atoms with Crippen LogP contribution in [0.25, 0.3) is 0 Å². The molecule has 7 nitrogen and oxygen atoms in total. The first kappa shape index (κ1) is 17.7. The predicted octanol–water partition coefficient (Wildman–Crippen LogP) is 1.75. The van der Waals surface area contributed by atoms with Crippen LogP contribution in [0.4, 0.5) is 5.69 Å². The molecule has 0 bridgehead atoms. The number of nitrogens with one attached hydrogen (secondary N) is 2. The van der Waals surface area contributed by atoms with Crippen LogP contribution in [0.5, 0.6) is 5.75 Å². The Kier molecular flexibility index (Phi) is 4.87. The van der Waals surface area contributed by atoms with E-state index in [1.54, 1.807) is 6.92 Å². The normalized spacial score (nSPS) is 27.1. The van der Waals surface area contributed by atoms with Gasteiger partial charge in [0.15, 0.2) is 6.10 Å². The molecule has 3 N–H and O–H groups in total. The number of halogens is 1. The maximum Gasteiger partial charge on any atom is 0.265 e. The third-order valence-electron chi connectivity index (χ3n) is 4.27. The fraction of sp³-hybridized carbons (Fsp3) is 0.533. The molecule has 9 heteroatoms. The largest absolute Gasteiger partial charge is 0.479 e. The van der Waals surface area contributed by atoms with E-state index in [0.29, 0.717) is 41.6 Å². The molecular formula is C15H19BrN2O5S. The molecular weight excluding hydrogens is 400 g/mol. The average Bonchev–Trinajstić information content (AvgIpc) is 2.50. The van der Waals surface area contributed by atoms with Crippen molar-refractivity contribution in [1.82, 2.24) is 4.72 Å². The van der Waals surface area contributed by atoms with Crippen molar-refractivity contribution in [3.8, 4) is 5.75 Å². The Morgan fingerprint density at radius 2 is 1.96 bits per heavy atom. The molecule has 3 rings (SSSR count). The van der Waals surface area contributed by atoms with E-state index in [2.05, 4.69) is 26.0 Å². The van der Waals surface area contributed by atoms with E-state index in [0.717, 1.165) is 0 Å². The summed E-state index contributed by atoms with van der Waals surface area (Å²) in [4.78, 5) is 11.7. The second-order valence-corrected chi connectivity index (χ2v) is 8.69. The number of carbonyl (C=O) groups excluding carboxylic acids is 1. The van der Waals surface area contributed by atoms with Gasteiger partial charge in [0, 0.05) is 16.6 Å². The second kappa shape index (κ2) is 6.62. The molecule has 1 unspecified atom stereocenters. The van der Waals surface area contributed by atoms with Gasteiger partial charge >= 0.3 is 0 Å². The quantitative estimate of drug-likeness (QED) is 0.693. The molecule has 1 atom stereocenters. The molecule has 1 fully saturated rings. The van der Waals surface area contributed by atoms with Gasteiger partial charge in [-0.15, -0.1) is 0 Å². The summed E-state index contributed by atoms with van der Waals surface area (Å²) in [6.45, 7) is 1.60. The number of rotatable bonds is 3. The molecule has 1 aromatic rings. The second-order valence-electron chi connectivity index (χ2n) is 6.15. The number of aliphatic hydroxyl groups is 1. The highest BCUT2D eigenvalue weighted by molar-refractivity contribution is 9.10. The minimum absolute atomic E-state index is 0.0655. The van der Waals surface area contributed by atoms with E-state index < -0.39 is 16.1 Å². The van der Waals surface area contributed by atoms with E-state index >= 15 is 0 Å². The number of hydrogen-bond donors (Lipinski definition) is 3. The van der Waals surface area contributed by atoms with Crippen molar-refractivity contribution in [2.75, 3.05) is 5.32 Å². The number of anilines is 1. The Balaban J connectivity index is 1.85. The van der Waals surface area contributed by atoms with Gasteiger partial charge in [0.1, 0.15) is 10.6 Å². The highest BCUT2D eigenvalue weighted by atomic mass is 79.9. The molecule has 2 aliphatic rings. The summed E-state index contributed by atoms with van der Waals surface area (Å²) in [5, 5.41) is 12.2. The van der Waals surface area contributed by atoms with Crippen LogP contribution < -0.4 is 14.8 Å². The van der Waals surface area contributed by atoms with Crippen LogP contribution in [0.15, 0.2) is 21.5 Å². The Hall–Kier alpha value is -1.16. The van der Waals surface area contributed by atoms with Crippen LogP contribution in [-0.2, 0) is 14.8 Å². The van der Waals surface area contributed by atoms with Crippen molar-refractivity contribution in [2.45, 2.75) is 55.8 Å². The lowest BCUT2D eigenvalue weighted by atomic mass is 9.94. The highest BCUT2D eigenvalue weighted by Gasteiger charge is 2.30. The molecule has 0 aromatic heterocycles. The maximum atomic E-state index is 12.7. The Bertz CT molecular complexity index is 759. The van der Waals surface area contributed by atoms with Gasteiger partial charge in [-0.3, -0.25) is 4.79 Å². The standard InChI is InChI=1S/C15H19BrN2O5S/c1-8-15(20)17-12-6-11(16)14(7-13(12)23-8)24(21,22)18-9-2-4-10(19)5-3-9/h6-10,18-19H,2-5H2,1H3,(H,17,20). The lowest BCUT2D eigenvalue weighted by Crippen LogP contribution is -2.39. The van der Waals surface area contributed by atoms with Crippen LogP contribution in [0, 0.1) is 0 Å². The van der Waals surface area contributed by atoms with E-state index in [4.69, 9.17) is 4.74 Å². The third-order valence-corrected chi connectivity index (χ3v) is 6.75. The summed E-state index contributed by atoms with van der Waals surface area (Å²) in [6.07, 6.45) is 1.36. The summed E-state index contributed by atoms with van der Waals surface area (Å²) in [5.74, 6) is 0.0497. The van der Waals surface area contributed by atoms with Crippen molar-refractivity contribution in [3.05, 3.63) is 16.6 Å². The molecule has 1 aromatic carbocycles. The molecule has 0 spiro atoms. The zero-order chi connectivity index (χ0) is 17.5. The average molecular weight is 419 g/mol. The van der Waals surface area contributed by atoms with Crippen molar-refractivity contribution in [1.29, 1.82) is 0 Å². The van der Waals surface area contributed by atoms with Gasteiger partial charge in [0.25, 0.3) is 5.91 Å². The summed E-state index contributed by atoms with van der Waals surface area (Å²) >= 11 is 3.25. The highest BCUT2D eigenvalue weighted by Crippen LogP contribution is 2.37. The number of hydrogen-bond acceptors (Lipinski definition) is 5. The fourth-order valence-electron chi connectivity index (χ4n) is 2.89. The van der Waals surface area contributed by atoms with Gasteiger partial charge in [0.2, 0.25) is 10.0 Å². The Morgan fingerprint density at radius 1 is 1.29 bits per heavy atom. The summed E-state index contributed by atoms with van der Waals surface area (Å²) < 4.78 is 33.9. The van der Waals surface area contributed by atoms with Crippen molar-refractivity contribution in [3.63, 3.8) is 0 Å². The first-order chi connectivity index (χ1) is 11.3. The Labute approximate surface area is 149 Å². The van der Waals surface area contributed by atoms with Crippen molar-refractivity contribution < 1.29 is 23.1 Å². The van der Waals surface area contributed by atoms with Crippen LogP contribution in [0.1, 0.15) is 32.6 Å². The Morgan fingerprint density at radius 3 is 2.62 bits per heavy atom. The molecule has 1 amide bonds. The summed E-state index contributed by atoms with van der Waals surface area (Å²) in [7, 11) is -3.74. The van der Waals surface area contributed by atoms with Gasteiger partial charge in [-0.2, -0.15) is 0 Å². The minimum atomic E-state index is -3.74. The molecule has 132 valence electrons. The number of fused-ring (bicyclic) bond motifs is 1. The number of carbonyl (C=O) groups is 1. The van der Waals surface area contributed by atoms with Gasteiger partial charge in [-0.1, -0.05) is 0 Å². The number of benzene rings is 1. The predicted molar refractivity (Wildman–Crippen MR) is 91.4 cm³/mol. The van der Waals surface area contributed by atoms with E-state index in [1.807, 2.05) is 0 Å². The fourth-order valence-corrected chi connectivity index (χ4v) is 5.25. The zero-order valence-electron chi connectivity index (χ0n) is 13.1. The molecule has 0 saturated heterocycles. The van der Waals surface area contributed by atoms with E-state index in [1.165, 1.54) is 12.1 Å². The third kappa shape index (κ3) is 3.58. The van der Waals surface area contributed by atoms with Gasteiger partial charge < -0.3 is 15.2 Å². The SMILES string of the molecule is CC1Oc2cc(S(=O)(=O)NC3CCC(O)CC3)c(Br)cc2NC1=O. The van der Waals surface area contributed by atoms with Gasteiger partial charge in [-0.25, -0.2) is 13.1 Å². The van der Waals surface area contributed by atoms with Crippen LogP contribution >= 0.6 is 15.9 Å². The number of ether oxygens (including phenoxy) is 1. The van der Waals surface area contributed by atoms with Crippen LogP contribution in [0.3, 0.4) is 0 Å². The molecule has 0 radical (unpaired) electrons. The summed E-state index contributed by atoms with van der Waals surface area (Å²) in [5.41, 5.74) is 0.435. The van der Waals surface area contributed by atoms with Crippen LogP contribution in [-0.4, -0.2) is 37.7 Å². The van der Waals surface area contributed by atoms with E-state index in [9.17, 15) is 18.3 Å². The smallest absolute Gasteiger partial charge is 0.265 e. The molecule has 1 aliphatic carbocycles. The van der Waals surface area contributed by atoms with Crippen molar-refractivity contribution in [2.24, 2.45) is 0 Å². The molecule has 1 saturated carbocycles. The lowest BCUT2D eigenvalue weighted by Gasteiger charge is -2.27. The van der Waals surface area contributed by atoms with Crippen LogP contribution in [0.2, 0.25) is 0 Å².